The molecule has 1 saturated heterocycles. The van der Waals surface area contributed by atoms with Gasteiger partial charge in [0.25, 0.3) is 0 Å². The molecule has 0 radical (unpaired) electrons. The van der Waals surface area contributed by atoms with Gasteiger partial charge in [0.15, 0.2) is 5.78 Å². The molecule has 0 aliphatic carbocycles. The third-order valence-electron chi connectivity index (χ3n) is 3.86. The van der Waals surface area contributed by atoms with Crippen LogP contribution in [0.15, 0.2) is 12.1 Å². The topological polar surface area (TPSA) is 49.8 Å². The minimum absolute atomic E-state index is 0.0395. The van der Waals surface area contributed by atoms with Gasteiger partial charge in [-0.25, -0.2) is 0 Å². The Morgan fingerprint density at radius 2 is 2.29 bits per heavy atom. The third-order valence-corrected chi connectivity index (χ3v) is 4.08. The zero-order valence-corrected chi connectivity index (χ0v) is 13.3. The Morgan fingerprint density at radius 1 is 1.52 bits per heavy atom. The quantitative estimate of drug-likeness (QED) is 0.819. The Kier molecular flexibility index (Phi) is 5.62. The first-order valence-corrected chi connectivity index (χ1v) is 7.75. The fourth-order valence-electron chi connectivity index (χ4n) is 2.67. The number of hydrogen-bond acceptors (Lipinski definition) is 4. The van der Waals surface area contributed by atoms with Crippen molar-refractivity contribution in [1.29, 1.82) is 0 Å². The number of hydrogen-bond donors (Lipinski definition) is 1. The van der Waals surface area contributed by atoms with Gasteiger partial charge < -0.3 is 9.84 Å². The van der Waals surface area contributed by atoms with Crippen molar-refractivity contribution >= 4 is 17.4 Å². The van der Waals surface area contributed by atoms with Gasteiger partial charge in [-0.15, -0.1) is 0 Å². The molecule has 21 heavy (non-hydrogen) atoms. The van der Waals surface area contributed by atoms with Gasteiger partial charge in [-0.05, 0) is 38.4 Å². The summed E-state index contributed by atoms with van der Waals surface area (Å²) in [6.07, 6.45) is 2.45. The van der Waals surface area contributed by atoms with Crippen molar-refractivity contribution in [1.82, 2.24) is 4.90 Å². The number of carbonyl (C=O) groups is 1. The molecule has 0 saturated carbocycles. The fraction of sp³-hybridized carbons (Fsp3) is 0.562. The molecule has 2 rings (SSSR count). The Balaban J connectivity index is 2.14. The van der Waals surface area contributed by atoms with Crippen molar-refractivity contribution < 1.29 is 14.6 Å². The van der Waals surface area contributed by atoms with Gasteiger partial charge in [-0.1, -0.05) is 18.5 Å². The van der Waals surface area contributed by atoms with E-state index in [0.717, 1.165) is 32.5 Å². The normalized spacial score (nSPS) is 18.4. The van der Waals surface area contributed by atoms with Crippen molar-refractivity contribution in [2.45, 2.75) is 39.3 Å². The summed E-state index contributed by atoms with van der Waals surface area (Å²) in [6, 6.07) is 3.24. The second-order valence-corrected chi connectivity index (χ2v) is 5.92. The molecule has 1 fully saturated rings. The Morgan fingerprint density at radius 3 is 2.86 bits per heavy atom. The average Bonchev–Trinajstić information content (AvgIpc) is 2.94. The van der Waals surface area contributed by atoms with Crippen molar-refractivity contribution in [2.75, 3.05) is 19.7 Å². The molecule has 1 heterocycles. The molecule has 1 unspecified atom stereocenters. The van der Waals surface area contributed by atoms with E-state index in [4.69, 9.17) is 16.3 Å². The second kappa shape index (κ2) is 7.25. The summed E-state index contributed by atoms with van der Waals surface area (Å²) in [6.45, 7) is 6.57. The van der Waals surface area contributed by atoms with E-state index < -0.39 is 0 Å². The number of phenols is 1. The number of ketones is 1. The van der Waals surface area contributed by atoms with Crippen LogP contribution in [0.1, 0.15) is 42.6 Å². The lowest BCUT2D eigenvalue weighted by molar-refractivity contribution is 0.0722. The lowest BCUT2D eigenvalue weighted by Gasteiger charge is -2.24. The summed E-state index contributed by atoms with van der Waals surface area (Å²) in [5.41, 5.74) is 0.971. The van der Waals surface area contributed by atoms with Gasteiger partial charge in [0.1, 0.15) is 5.75 Å². The van der Waals surface area contributed by atoms with E-state index >= 15 is 0 Å². The summed E-state index contributed by atoms with van der Waals surface area (Å²) >= 11 is 6.06. The zero-order valence-electron chi connectivity index (χ0n) is 12.6. The SMILES string of the molecule is CCN(Cc1cc(Cl)cc(C(C)=O)c1O)CC1CCCO1. The van der Waals surface area contributed by atoms with E-state index in [9.17, 15) is 9.90 Å². The molecule has 0 spiro atoms. The highest BCUT2D eigenvalue weighted by atomic mass is 35.5. The van der Waals surface area contributed by atoms with Gasteiger partial charge in [-0.2, -0.15) is 0 Å². The Labute approximate surface area is 130 Å². The first-order valence-electron chi connectivity index (χ1n) is 7.37. The number of likely N-dealkylation sites (N-methyl/N-ethyl adjacent to an activating group) is 1. The standard InChI is InChI=1S/C16H22ClNO3/c1-3-18(10-14-5-4-6-21-14)9-12-7-13(17)8-15(11(2)19)16(12)20/h7-8,14,20H,3-6,9-10H2,1-2H3. The molecule has 0 amide bonds. The van der Waals surface area contributed by atoms with Crippen LogP contribution in [0.25, 0.3) is 0 Å². The first-order chi connectivity index (χ1) is 10.0. The Bertz CT molecular complexity index is 512. The van der Waals surface area contributed by atoms with Crippen LogP contribution in [0.3, 0.4) is 0 Å². The Hall–Kier alpha value is -1.10. The number of halogens is 1. The van der Waals surface area contributed by atoms with E-state index in [1.807, 2.05) is 0 Å². The summed E-state index contributed by atoms with van der Waals surface area (Å²) in [5, 5.41) is 10.7. The molecule has 1 N–H and O–H groups in total. The lowest BCUT2D eigenvalue weighted by Crippen LogP contribution is -2.31. The van der Waals surface area contributed by atoms with Gasteiger partial charge in [0.05, 0.1) is 11.7 Å². The fourth-order valence-corrected chi connectivity index (χ4v) is 2.91. The molecule has 1 aromatic rings. The van der Waals surface area contributed by atoms with Crippen LogP contribution in [0.4, 0.5) is 0 Å². The summed E-state index contributed by atoms with van der Waals surface area (Å²) in [5.74, 6) is -0.142. The first kappa shape index (κ1) is 16.3. The number of ether oxygens (including phenoxy) is 1. The summed E-state index contributed by atoms with van der Waals surface area (Å²) in [7, 11) is 0. The van der Waals surface area contributed by atoms with E-state index in [1.165, 1.54) is 13.0 Å². The number of carbonyl (C=O) groups excluding carboxylic acids is 1. The van der Waals surface area contributed by atoms with Crippen LogP contribution in [0.2, 0.25) is 5.02 Å². The van der Waals surface area contributed by atoms with Crippen molar-refractivity contribution in [2.24, 2.45) is 0 Å². The maximum Gasteiger partial charge on any atom is 0.163 e. The number of phenolic OH excluding ortho intramolecular Hbond substituents is 1. The highest BCUT2D eigenvalue weighted by Gasteiger charge is 2.20. The van der Waals surface area contributed by atoms with Gasteiger partial charge in [0.2, 0.25) is 0 Å². The smallest absolute Gasteiger partial charge is 0.163 e. The van der Waals surface area contributed by atoms with Crippen LogP contribution in [-0.2, 0) is 11.3 Å². The van der Waals surface area contributed by atoms with Crippen LogP contribution >= 0.6 is 11.6 Å². The maximum atomic E-state index is 11.6. The van der Waals surface area contributed by atoms with Crippen molar-refractivity contribution in [3.63, 3.8) is 0 Å². The molecule has 1 atom stereocenters. The summed E-state index contributed by atoms with van der Waals surface area (Å²) in [4.78, 5) is 13.8. The number of Topliss-reactive ketones (excluding diaryl/α,β-unsaturated/α-hetero) is 1. The molecule has 0 bridgehead atoms. The number of benzene rings is 1. The minimum atomic E-state index is -0.182. The highest BCUT2D eigenvalue weighted by molar-refractivity contribution is 6.31. The van der Waals surface area contributed by atoms with E-state index in [0.29, 0.717) is 17.1 Å². The summed E-state index contributed by atoms with van der Waals surface area (Å²) < 4.78 is 5.65. The number of rotatable bonds is 6. The van der Waals surface area contributed by atoms with Crippen LogP contribution in [-0.4, -0.2) is 41.6 Å². The molecule has 1 aliphatic rings. The predicted octanol–water partition coefficient (Wildman–Crippen LogP) is 3.25. The molecule has 1 aromatic carbocycles. The molecule has 4 nitrogen and oxygen atoms in total. The van der Waals surface area contributed by atoms with E-state index in [2.05, 4.69) is 11.8 Å². The predicted molar refractivity (Wildman–Crippen MR) is 83.0 cm³/mol. The molecular formula is C16H22ClNO3. The molecule has 1 aliphatic heterocycles. The maximum absolute atomic E-state index is 11.6. The lowest BCUT2D eigenvalue weighted by atomic mass is 10.0. The van der Waals surface area contributed by atoms with Crippen LogP contribution in [0.5, 0.6) is 5.75 Å². The van der Waals surface area contributed by atoms with Crippen molar-refractivity contribution in [3.8, 4) is 5.75 Å². The second-order valence-electron chi connectivity index (χ2n) is 5.48. The van der Waals surface area contributed by atoms with Gasteiger partial charge >= 0.3 is 0 Å². The highest BCUT2D eigenvalue weighted by Crippen LogP contribution is 2.29. The van der Waals surface area contributed by atoms with Crippen LogP contribution in [0, 0.1) is 0 Å². The third kappa shape index (κ3) is 4.19. The van der Waals surface area contributed by atoms with Gasteiger partial charge in [-0.3, -0.25) is 9.69 Å². The average molecular weight is 312 g/mol. The van der Waals surface area contributed by atoms with E-state index in [-0.39, 0.29) is 23.2 Å². The van der Waals surface area contributed by atoms with Crippen LogP contribution < -0.4 is 0 Å². The largest absolute Gasteiger partial charge is 0.507 e. The number of nitrogens with zero attached hydrogens (tertiary/aromatic N) is 1. The molecular weight excluding hydrogens is 290 g/mol. The number of aromatic hydroxyl groups is 1. The molecule has 5 heteroatoms. The zero-order chi connectivity index (χ0) is 15.4. The minimum Gasteiger partial charge on any atom is -0.507 e. The van der Waals surface area contributed by atoms with E-state index in [1.54, 1.807) is 6.07 Å². The molecule has 0 aromatic heterocycles. The monoisotopic (exact) mass is 311 g/mol. The van der Waals surface area contributed by atoms with Crippen molar-refractivity contribution in [3.05, 3.63) is 28.3 Å². The van der Waals surface area contributed by atoms with Gasteiger partial charge in [0, 0.05) is 30.3 Å². The molecule has 116 valence electrons.